The Hall–Kier alpha value is -2.95. The number of benzene rings is 2. The highest BCUT2D eigenvalue weighted by molar-refractivity contribution is 7.80. The average molecular weight is 403 g/mol. The zero-order chi connectivity index (χ0) is 19.9. The van der Waals surface area contributed by atoms with Gasteiger partial charge in [-0.1, -0.05) is 54.6 Å². The lowest BCUT2D eigenvalue weighted by Crippen LogP contribution is -2.43. The zero-order valence-electron chi connectivity index (χ0n) is 14.6. The van der Waals surface area contributed by atoms with Crippen molar-refractivity contribution in [2.45, 2.75) is 18.6 Å². The minimum absolute atomic E-state index is 0.0643. The van der Waals surface area contributed by atoms with Crippen molar-refractivity contribution in [1.82, 2.24) is 15.3 Å². The van der Waals surface area contributed by atoms with E-state index in [1.165, 1.54) is 4.90 Å². The third kappa shape index (κ3) is 3.33. The molecule has 0 aromatic heterocycles. The molecule has 2 aromatic carbocycles. The van der Waals surface area contributed by atoms with Gasteiger partial charge in [0.2, 0.25) is 5.91 Å². The molecule has 2 heterocycles. The van der Waals surface area contributed by atoms with Crippen LogP contribution in [0.1, 0.15) is 28.8 Å². The molecule has 1 unspecified atom stereocenters. The molecule has 1 saturated heterocycles. The Bertz CT molecular complexity index is 1030. The number of hydrogen-bond acceptors (Lipinski definition) is 5. The van der Waals surface area contributed by atoms with Crippen molar-refractivity contribution >= 4 is 22.3 Å². The molecule has 2 aliphatic heterocycles. The van der Waals surface area contributed by atoms with Crippen molar-refractivity contribution in [1.29, 1.82) is 0 Å². The number of urea groups is 1. The fraction of sp³-hybridized carbons (Fsp3) is 0.222. The van der Waals surface area contributed by atoms with Gasteiger partial charge in [-0.05, 0) is 16.7 Å². The van der Waals surface area contributed by atoms with Gasteiger partial charge in [0.1, 0.15) is 12.1 Å². The first-order valence-corrected chi connectivity index (χ1v) is 9.89. The number of fused-ring (bicyclic) bond motifs is 4. The lowest BCUT2D eigenvalue weighted by molar-refractivity contribution is -0.125. The summed E-state index contributed by atoms with van der Waals surface area (Å²) in [6, 6.07) is 13.7. The van der Waals surface area contributed by atoms with Crippen LogP contribution < -0.4 is 5.32 Å². The van der Waals surface area contributed by atoms with Crippen LogP contribution in [0.2, 0.25) is 0 Å². The highest BCUT2D eigenvalue weighted by Crippen LogP contribution is 2.44. The lowest BCUT2D eigenvalue weighted by atomic mass is 9.90. The second-order valence-electron chi connectivity index (χ2n) is 6.51. The molecule has 2 aromatic rings. The molecule has 1 fully saturated rings. The molecule has 2 atom stereocenters. The number of nitrogens with one attached hydrogen (secondary N) is 1. The van der Waals surface area contributed by atoms with Crippen molar-refractivity contribution in [3.8, 4) is 0 Å². The first-order valence-electron chi connectivity index (χ1n) is 8.52. The van der Waals surface area contributed by atoms with Crippen LogP contribution in [0.3, 0.4) is 0 Å². The molecule has 0 spiro atoms. The summed E-state index contributed by atoms with van der Waals surface area (Å²) < 4.78 is 35.8. The summed E-state index contributed by atoms with van der Waals surface area (Å²) in [6.07, 6.45) is 0. The molecule has 2 aliphatic rings. The third-order valence-corrected chi connectivity index (χ3v) is 5.13. The van der Waals surface area contributed by atoms with Crippen molar-refractivity contribution in [2.24, 2.45) is 0 Å². The number of amides is 3. The number of hydroxylamine groups is 2. The van der Waals surface area contributed by atoms with Gasteiger partial charge in [-0.25, -0.2) is 4.79 Å². The van der Waals surface area contributed by atoms with E-state index in [-0.39, 0.29) is 13.1 Å². The van der Waals surface area contributed by atoms with Gasteiger partial charge in [0.05, 0.1) is 6.54 Å². The number of carbonyl (C=O) groups is 2. The van der Waals surface area contributed by atoms with Crippen molar-refractivity contribution in [3.63, 3.8) is 0 Å². The van der Waals surface area contributed by atoms with Crippen LogP contribution in [0.15, 0.2) is 54.6 Å². The minimum atomic E-state index is -4.89. The van der Waals surface area contributed by atoms with Crippen LogP contribution in [0.25, 0.3) is 0 Å². The van der Waals surface area contributed by atoms with Gasteiger partial charge in [-0.2, -0.15) is 13.5 Å². The molecule has 0 radical (unpaired) electrons. The topological polar surface area (TPSA) is 116 Å². The Labute approximate surface area is 161 Å². The van der Waals surface area contributed by atoms with E-state index in [4.69, 9.17) is 4.55 Å². The molecule has 4 rings (SSSR count). The van der Waals surface area contributed by atoms with Crippen LogP contribution in [-0.2, 0) is 26.0 Å². The number of rotatable bonds is 5. The first-order chi connectivity index (χ1) is 13.3. The number of hydrogen-bond donors (Lipinski definition) is 2. The third-order valence-electron chi connectivity index (χ3n) is 4.78. The summed E-state index contributed by atoms with van der Waals surface area (Å²) in [4.78, 5) is 26.9. The summed E-state index contributed by atoms with van der Waals surface area (Å²) in [5.41, 5.74) is 2.08. The molecule has 10 heteroatoms. The summed E-state index contributed by atoms with van der Waals surface area (Å²) >= 11 is 0. The molecule has 3 amide bonds. The Morgan fingerprint density at radius 3 is 2.43 bits per heavy atom. The van der Waals surface area contributed by atoms with E-state index in [0.29, 0.717) is 16.2 Å². The van der Waals surface area contributed by atoms with Gasteiger partial charge >= 0.3 is 16.4 Å². The van der Waals surface area contributed by atoms with Gasteiger partial charge < -0.3 is 10.2 Å². The van der Waals surface area contributed by atoms with E-state index in [9.17, 15) is 18.0 Å². The number of nitrogens with zero attached hydrogens (tertiary/aromatic N) is 2. The van der Waals surface area contributed by atoms with Crippen LogP contribution in [-0.4, -0.2) is 41.4 Å². The highest BCUT2D eigenvalue weighted by atomic mass is 32.3. The maximum Gasteiger partial charge on any atom is 0.418 e. The van der Waals surface area contributed by atoms with Gasteiger partial charge in [0.15, 0.2) is 0 Å². The standard InChI is InChI=1S/C18H17N3O6S/c22-17(19-10-12-6-2-1-3-7-12)16-14-9-5-4-8-13(14)15-11-20(16)18(23)21(15)27-28(24,25)26/h1-9,15-16H,10-11H2,(H,19,22)(H,24,25,26)/t15-,16?/m0/s1. The Morgan fingerprint density at radius 1 is 1.11 bits per heavy atom. The van der Waals surface area contributed by atoms with Gasteiger partial charge in [0, 0.05) is 6.54 Å². The predicted octanol–water partition coefficient (Wildman–Crippen LogP) is 1.57. The molecule has 146 valence electrons. The predicted molar refractivity (Wildman–Crippen MR) is 96.8 cm³/mol. The first kappa shape index (κ1) is 18.4. The molecule has 2 N–H and O–H groups in total. The second-order valence-corrected chi connectivity index (χ2v) is 7.52. The summed E-state index contributed by atoms with van der Waals surface area (Å²) in [6.45, 7) is 0.351. The molecule has 0 aliphatic carbocycles. The van der Waals surface area contributed by atoms with Gasteiger partial charge in [-0.15, -0.1) is 4.28 Å². The van der Waals surface area contributed by atoms with E-state index < -0.39 is 34.4 Å². The maximum atomic E-state index is 12.9. The summed E-state index contributed by atoms with van der Waals surface area (Å²) in [7, 11) is -4.89. The van der Waals surface area contributed by atoms with E-state index in [1.807, 2.05) is 30.3 Å². The fourth-order valence-corrected chi connectivity index (χ4v) is 3.99. The van der Waals surface area contributed by atoms with E-state index >= 15 is 0 Å². The SMILES string of the molecule is O=C(NCc1ccccc1)C1c2ccccc2[C@@H]2CN1C(=O)N2OS(=O)(=O)O. The Kier molecular flexibility index (Phi) is 4.53. The second kappa shape index (κ2) is 6.89. The van der Waals surface area contributed by atoms with Crippen LogP contribution in [0, 0.1) is 0 Å². The minimum Gasteiger partial charge on any atom is -0.350 e. The summed E-state index contributed by atoms with van der Waals surface area (Å²) in [5, 5.41) is 3.41. The average Bonchev–Trinajstić information content (AvgIpc) is 2.93. The van der Waals surface area contributed by atoms with Gasteiger partial charge in [0.25, 0.3) is 0 Å². The van der Waals surface area contributed by atoms with Crippen LogP contribution in [0.4, 0.5) is 4.79 Å². The molecule has 2 bridgehead atoms. The molecular weight excluding hydrogens is 386 g/mol. The van der Waals surface area contributed by atoms with Crippen LogP contribution in [0.5, 0.6) is 0 Å². The molecular formula is C18H17N3O6S. The van der Waals surface area contributed by atoms with E-state index in [0.717, 1.165) is 5.56 Å². The normalized spacial score (nSPS) is 20.8. The lowest BCUT2D eigenvalue weighted by Gasteiger charge is -2.31. The van der Waals surface area contributed by atoms with E-state index in [1.54, 1.807) is 24.3 Å². The molecule has 28 heavy (non-hydrogen) atoms. The van der Waals surface area contributed by atoms with Crippen molar-refractivity contribution in [2.75, 3.05) is 6.54 Å². The quantitative estimate of drug-likeness (QED) is 0.732. The Morgan fingerprint density at radius 2 is 1.75 bits per heavy atom. The van der Waals surface area contributed by atoms with Crippen molar-refractivity contribution in [3.05, 3.63) is 71.3 Å². The monoisotopic (exact) mass is 403 g/mol. The molecule has 9 nitrogen and oxygen atoms in total. The fourth-order valence-electron chi connectivity index (χ4n) is 3.62. The largest absolute Gasteiger partial charge is 0.418 e. The Balaban J connectivity index is 1.64. The van der Waals surface area contributed by atoms with E-state index in [2.05, 4.69) is 9.60 Å². The van der Waals surface area contributed by atoms with Crippen LogP contribution >= 0.6 is 0 Å². The highest BCUT2D eigenvalue weighted by Gasteiger charge is 2.51. The van der Waals surface area contributed by atoms with Gasteiger partial charge in [-0.3, -0.25) is 9.35 Å². The zero-order valence-corrected chi connectivity index (χ0v) is 15.4. The van der Waals surface area contributed by atoms with Crippen molar-refractivity contribution < 1.29 is 26.8 Å². The molecule has 0 saturated carbocycles. The smallest absolute Gasteiger partial charge is 0.350 e. The maximum absolute atomic E-state index is 12.9. The summed E-state index contributed by atoms with van der Waals surface area (Å²) in [5.74, 6) is -0.392. The number of carbonyl (C=O) groups excluding carboxylic acids is 2.